The quantitative estimate of drug-likeness (QED) is 0.900. The van der Waals surface area contributed by atoms with Gasteiger partial charge in [0, 0.05) is 67.9 Å². The zero-order valence-electron chi connectivity index (χ0n) is 13.6. The number of anilines is 1. The molecule has 4 nitrogen and oxygen atoms in total. The minimum Gasteiger partial charge on any atom is -0.369 e. The number of pyridine rings is 1. The van der Waals surface area contributed by atoms with Crippen LogP contribution in [0.25, 0.3) is 0 Å². The first-order valence-corrected chi connectivity index (χ1v) is 8.31. The highest BCUT2D eigenvalue weighted by Gasteiger charge is 2.23. The van der Waals surface area contributed by atoms with Gasteiger partial charge in [-0.25, -0.2) is 0 Å². The van der Waals surface area contributed by atoms with Gasteiger partial charge in [-0.3, -0.25) is 9.88 Å². The number of aromatic nitrogens is 1. The van der Waals surface area contributed by atoms with E-state index in [1.807, 2.05) is 0 Å². The second-order valence-corrected chi connectivity index (χ2v) is 6.73. The third-order valence-electron chi connectivity index (χ3n) is 4.64. The van der Waals surface area contributed by atoms with Crippen LogP contribution in [0, 0.1) is 6.92 Å². The number of aryl methyl sites for hydroxylation is 1. The summed E-state index contributed by atoms with van der Waals surface area (Å²) in [7, 11) is 0. The Labute approximate surface area is 128 Å². The Morgan fingerprint density at radius 3 is 2.57 bits per heavy atom. The van der Waals surface area contributed by atoms with Crippen molar-refractivity contribution in [1.29, 1.82) is 0 Å². The van der Waals surface area contributed by atoms with Gasteiger partial charge in [0.15, 0.2) is 0 Å². The van der Waals surface area contributed by atoms with Crippen molar-refractivity contribution < 1.29 is 0 Å². The molecular weight excluding hydrogens is 260 g/mol. The van der Waals surface area contributed by atoms with Gasteiger partial charge in [-0.1, -0.05) is 0 Å². The van der Waals surface area contributed by atoms with E-state index >= 15 is 0 Å². The van der Waals surface area contributed by atoms with E-state index in [4.69, 9.17) is 0 Å². The molecule has 0 bridgehead atoms. The Kier molecular flexibility index (Phi) is 4.45. The van der Waals surface area contributed by atoms with Gasteiger partial charge in [-0.15, -0.1) is 0 Å². The first kappa shape index (κ1) is 14.8. The fourth-order valence-corrected chi connectivity index (χ4v) is 3.03. The predicted molar refractivity (Wildman–Crippen MR) is 87.8 cm³/mol. The van der Waals surface area contributed by atoms with Crippen LogP contribution in [0.3, 0.4) is 0 Å². The summed E-state index contributed by atoms with van der Waals surface area (Å²) < 4.78 is 0. The topological polar surface area (TPSA) is 31.4 Å². The Morgan fingerprint density at radius 1 is 1.24 bits per heavy atom. The van der Waals surface area contributed by atoms with Crippen LogP contribution >= 0.6 is 0 Å². The lowest BCUT2D eigenvalue weighted by Gasteiger charge is -2.39. The van der Waals surface area contributed by atoms with Gasteiger partial charge in [0.05, 0.1) is 0 Å². The maximum absolute atomic E-state index is 4.50. The largest absolute Gasteiger partial charge is 0.369 e. The molecule has 1 saturated heterocycles. The van der Waals surface area contributed by atoms with Crippen LogP contribution in [0.2, 0.25) is 0 Å². The average molecular weight is 288 g/mol. The molecule has 0 aromatic carbocycles. The van der Waals surface area contributed by atoms with E-state index in [1.165, 1.54) is 24.1 Å². The van der Waals surface area contributed by atoms with Gasteiger partial charge >= 0.3 is 0 Å². The number of hydrogen-bond acceptors (Lipinski definition) is 4. The minimum atomic E-state index is 0.655. The van der Waals surface area contributed by atoms with E-state index in [0.29, 0.717) is 6.04 Å². The maximum Gasteiger partial charge on any atom is 0.0446 e. The van der Waals surface area contributed by atoms with Crippen molar-refractivity contribution in [2.24, 2.45) is 0 Å². The lowest BCUT2D eigenvalue weighted by atomic mass is 10.1. The predicted octanol–water partition coefficient (Wildman–Crippen LogP) is 2.17. The van der Waals surface area contributed by atoms with Crippen LogP contribution in [-0.2, 0) is 6.54 Å². The van der Waals surface area contributed by atoms with E-state index in [2.05, 4.69) is 53.1 Å². The molecule has 0 amide bonds. The average Bonchev–Trinajstić information content (AvgIpc) is 3.30. The Bertz CT molecular complexity index is 474. The molecule has 2 fully saturated rings. The van der Waals surface area contributed by atoms with Crippen molar-refractivity contribution >= 4 is 5.69 Å². The minimum absolute atomic E-state index is 0.655. The Balaban J connectivity index is 1.69. The summed E-state index contributed by atoms with van der Waals surface area (Å²) in [6.45, 7) is 12.2. The molecule has 2 heterocycles. The molecule has 1 saturated carbocycles. The lowest BCUT2D eigenvalue weighted by molar-refractivity contribution is 0.209. The van der Waals surface area contributed by atoms with Gasteiger partial charge in [0.25, 0.3) is 0 Å². The smallest absolute Gasteiger partial charge is 0.0446 e. The number of piperazine rings is 1. The van der Waals surface area contributed by atoms with Crippen LogP contribution in [-0.4, -0.2) is 48.1 Å². The highest BCUT2D eigenvalue weighted by Crippen LogP contribution is 2.25. The summed E-state index contributed by atoms with van der Waals surface area (Å²) in [5, 5.41) is 3.62. The molecule has 0 atom stereocenters. The van der Waals surface area contributed by atoms with Crippen LogP contribution in [0.15, 0.2) is 12.3 Å². The van der Waals surface area contributed by atoms with E-state index in [-0.39, 0.29) is 0 Å². The molecule has 3 rings (SSSR count). The zero-order valence-corrected chi connectivity index (χ0v) is 13.6. The van der Waals surface area contributed by atoms with E-state index < -0.39 is 0 Å². The highest BCUT2D eigenvalue weighted by molar-refractivity contribution is 5.54. The highest BCUT2D eigenvalue weighted by atomic mass is 15.3. The SMILES string of the molecule is Cc1cc(N2CCN(C(C)C)CC2)c(CNC2CC2)cn1. The van der Waals surface area contributed by atoms with Gasteiger partial charge in [0.2, 0.25) is 0 Å². The summed E-state index contributed by atoms with van der Waals surface area (Å²) in [4.78, 5) is 9.60. The van der Waals surface area contributed by atoms with Crippen molar-refractivity contribution in [3.8, 4) is 0 Å². The van der Waals surface area contributed by atoms with Crippen molar-refractivity contribution in [2.75, 3.05) is 31.1 Å². The summed E-state index contributed by atoms with van der Waals surface area (Å²) in [5.41, 5.74) is 3.86. The first-order valence-electron chi connectivity index (χ1n) is 8.31. The van der Waals surface area contributed by atoms with Crippen molar-refractivity contribution in [2.45, 2.75) is 52.2 Å². The Hall–Kier alpha value is -1.13. The summed E-state index contributed by atoms with van der Waals surface area (Å²) in [5.74, 6) is 0. The molecule has 1 N–H and O–H groups in total. The third-order valence-corrected chi connectivity index (χ3v) is 4.64. The lowest BCUT2D eigenvalue weighted by Crippen LogP contribution is -2.49. The second-order valence-electron chi connectivity index (χ2n) is 6.73. The number of nitrogens with zero attached hydrogens (tertiary/aromatic N) is 3. The zero-order chi connectivity index (χ0) is 14.8. The standard InChI is InChI=1S/C17H28N4/c1-13(2)20-6-8-21(9-7-20)17-10-14(3)18-11-15(17)12-19-16-4-5-16/h10-11,13,16,19H,4-9,12H2,1-3H3. The van der Waals surface area contributed by atoms with E-state index in [9.17, 15) is 0 Å². The van der Waals surface area contributed by atoms with Gasteiger partial charge in [-0.2, -0.15) is 0 Å². The summed E-state index contributed by atoms with van der Waals surface area (Å²) in [6.07, 6.45) is 4.73. The molecule has 21 heavy (non-hydrogen) atoms. The van der Waals surface area contributed by atoms with Gasteiger partial charge in [0.1, 0.15) is 0 Å². The molecule has 0 spiro atoms. The van der Waals surface area contributed by atoms with Gasteiger partial charge < -0.3 is 10.2 Å². The molecule has 1 aliphatic carbocycles. The molecule has 1 aliphatic heterocycles. The van der Waals surface area contributed by atoms with E-state index in [0.717, 1.165) is 44.5 Å². The van der Waals surface area contributed by atoms with Gasteiger partial charge in [-0.05, 0) is 39.7 Å². The molecular formula is C17H28N4. The Morgan fingerprint density at radius 2 is 1.95 bits per heavy atom. The first-order chi connectivity index (χ1) is 10.1. The van der Waals surface area contributed by atoms with Crippen LogP contribution in [0.4, 0.5) is 5.69 Å². The van der Waals surface area contributed by atoms with Crippen LogP contribution < -0.4 is 10.2 Å². The maximum atomic E-state index is 4.50. The van der Waals surface area contributed by atoms with E-state index in [1.54, 1.807) is 0 Å². The monoisotopic (exact) mass is 288 g/mol. The van der Waals surface area contributed by atoms with Crippen LogP contribution in [0.5, 0.6) is 0 Å². The molecule has 0 radical (unpaired) electrons. The molecule has 1 aromatic heterocycles. The summed E-state index contributed by atoms with van der Waals surface area (Å²) in [6, 6.07) is 3.66. The number of rotatable bonds is 5. The normalized spacial score (nSPS) is 20.3. The molecule has 0 unspecified atom stereocenters. The molecule has 4 heteroatoms. The fourth-order valence-electron chi connectivity index (χ4n) is 3.03. The number of hydrogen-bond donors (Lipinski definition) is 1. The second kappa shape index (κ2) is 6.32. The van der Waals surface area contributed by atoms with Crippen LogP contribution in [0.1, 0.15) is 37.9 Å². The molecule has 1 aromatic rings. The molecule has 116 valence electrons. The van der Waals surface area contributed by atoms with Crippen molar-refractivity contribution in [3.05, 3.63) is 23.5 Å². The third kappa shape index (κ3) is 3.74. The van der Waals surface area contributed by atoms with Crippen molar-refractivity contribution in [3.63, 3.8) is 0 Å². The number of nitrogens with one attached hydrogen (secondary N) is 1. The van der Waals surface area contributed by atoms with Crippen molar-refractivity contribution in [1.82, 2.24) is 15.2 Å². The summed E-state index contributed by atoms with van der Waals surface area (Å²) >= 11 is 0. The fraction of sp³-hybridized carbons (Fsp3) is 0.706. The molecule has 2 aliphatic rings.